The molecule has 1 aliphatic heterocycles. The molecular formula is C13H14Br2N2. The topological polar surface area (TPSA) is 28.1 Å². The molecule has 0 atom stereocenters. The molecule has 0 bridgehead atoms. The van der Waals surface area contributed by atoms with E-state index in [9.17, 15) is 0 Å². The molecule has 17 heavy (non-hydrogen) atoms. The van der Waals surface area contributed by atoms with E-state index in [1.54, 1.807) is 0 Å². The molecule has 2 nitrogen and oxygen atoms in total. The molecule has 2 heterocycles. The monoisotopic (exact) mass is 356 g/mol. The van der Waals surface area contributed by atoms with Gasteiger partial charge >= 0.3 is 0 Å². The summed E-state index contributed by atoms with van der Waals surface area (Å²) in [4.78, 5) is 7.83. The second-order valence-corrected chi connectivity index (χ2v) is 5.83. The van der Waals surface area contributed by atoms with Crippen LogP contribution in [-0.2, 0) is 0 Å². The normalized spacial score (nSPS) is 18.2. The van der Waals surface area contributed by atoms with Gasteiger partial charge in [-0.3, -0.25) is 0 Å². The molecule has 0 fully saturated rings. The Kier molecular flexibility index (Phi) is 3.46. The molecule has 2 rings (SSSR count). The van der Waals surface area contributed by atoms with E-state index in [0.29, 0.717) is 0 Å². The third-order valence-corrected chi connectivity index (χ3v) is 4.86. The van der Waals surface area contributed by atoms with Gasteiger partial charge in [0.2, 0.25) is 0 Å². The molecule has 0 saturated carbocycles. The number of hydrogen-bond acceptors (Lipinski definition) is 1. The summed E-state index contributed by atoms with van der Waals surface area (Å²) in [7, 11) is 0. The quantitative estimate of drug-likeness (QED) is 0.742. The third kappa shape index (κ3) is 2.20. The van der Waals surface area contributed by atoms with Gasteiger partial charge < -0.3 is 4.98 Å². The van der Waals surface area contributed by atoms with Crippen molar-refractivity contribution in [3.05, 3.63) is 38.3 Å². The molecule has 0 unspecified atom stereocenters. The molecule has 90 valence electrons. The minimum Gasteiger partial charge on any atom is -0.349 e. The third-order valence-electron chi connectivity index (χ3n) is 3.30. The average molecular weight is 358 g/mol. The highest BCUT2D eigenvalue weighted by molar-refractivity contribution is 9.18. The molecule has 0 aliphatic carbocycles. The van der Waals surface area contributed by atoms with E-state index >= 15 is 0 Å². The first-order valence-corrected chi connectivity index (χ1v) is 6.99. The Hall–Kier alpha value is -0.610. The highest BCUT2D eigenvalue weighted by Gasteiger charge is 2.16. The van der Waals surface area contributed by atoms with Crippen LogP contribution in [0.3, 0.4) is 0 Å². The molecule has 4 heteroatoms. The zero-order valence-electron chi connectivity index (χ0n) is 10.3. The smallest absolute Gasteiger partial charge is 0.110 e. The number of H-pyrrole nitrogens is 1. The van der Waals surface area contributed by atoms with Crippen molar-refractivity contribution in [2.45, 2.75) is 27.7 Å². The van der Waals surface area contributed by atoms with Crippen molar-refractivity contribution in [3.63, 3.8) is 0 Å². The van der Waals surface area contributed by atoms with Gasteiger partial charge in [0.1, 0.15) is 4.62 Å². The lowest BCUT2D eigenvalue weighted by molar-refractivity contribution is 1.27. The van der Waals surface area contributed by atoms with Crippen LogP contribution in [0.2, 0.25) is 0 Å². The molecule has 0 amide bonds. The molecule has 0 radical (unpaired) electrons. The van der Waals surface area contributed by atoms with Crippen molar-refractivity contribution in [3.8, 4) is 0 Å². The number of aliphatic imine (C=N–C) groups is 1. The summed E-state index contributed by atoms with van der Waals surface area (Å²) in [6, 6.07) is 0. The van der Waals surface area contributed by atoms with Crippen molar-refractivity contribution < 1.29 is 0 Å². The second-order valence-electron chi connectivity index (χ2n) is 4.28. The lowest BCUT2D eigenvalue weighted by atomic mass is 10.1. The molecule has 1 aromatic rings. The van der Waals surface area contributed by atoms with Gasteiger partial charge in [0, 0.05) is 5.69 Å². The van der Waals surface area contributed by atoms with Crippen LogP contribution >= 0.6 is 31.9 Å². The Bertz CT molecular complexity index is 574. The summed E-state index contributed by atoms with van der Waals surface area (Å²) < 4.78 is 1.97. The molecule has 1 N–H and O–H groups in total. The average Bonchev–Trinajstić information content (AvgIpc) is 2.66. The predicted molar refractivity (Wildman–Crippen MR) is 80.7 cm³/mol. The number of nitrogens with one attached hydrogen (secondary N) is 1. The number of rotatable bonds is 1. The van der Waals surface area contributed by atoms with Crippen LogP contribution in [0.25, 0.3) is 6.08 Å². The SMILES string of the molecule is CC1=C(C)/C(=C/c2[nH]c(Br)c(C)c2C)N=C1Br. The Morgan fingerprint density at radius 3 is 2.06 bits per heavy atom. The first-order valence-electron chi connectivity index (χ1n) is 5.40. The van der Waals surface area contributed by atoms with E-state index in [1.165, 1.54) is 22.3 Å². The van der Waals surface area contributed by atoms with Gasteiger partial charge in [-0.05, 0) is 87.9 Å². The number of nitrogens with zero attached hydrogens (tertiary/aromatic N) is 1. The van der Waals surface area contributed by atoms with Crippen molar-refractivity contribution >= 4 is 42.6 Å². The van der Waals surface area contributed by atoms with Gasteiger partial charge in [0.25, 0.3) is 0 Å². The minimum absolute atomic E-state index is 0.932. The largest absolute Gasteiger partial charge is 0.349 e. The maximum Gasteiger partial charge on any atom is 0.110 e. The fraction of sp³-hybridized carbons (Fsp3) is 0.308. The second kappa shape index (κ2) is 4.58. The van der Waals surface area contributed by atoms with E-state index in [2.05, 4.69) is 75.6 Å². The maximum absolute atomic E-state index is 4.51. The first kappa shape index (κ1) is 12.8. The number of aromatic amines is 1. The number of aromatic nitrogens is 1. The maximum atomic E-state index is 4.51. The lowest BCUT2D eigenvalue weighted by Crippen LogP contribution is -1.83. The minimum atomic E-state index is 0.932. The molecule has 1 aromatic heterocycles. The Morgan fingerprint density at radius 1 is 1.00 bits per heavy atom. The van der Waals surface area contributed by atoms with Crippen LogP contribution in [0, 0.1) is 13.8 Å². The van der Waals surface area contributed by atoms with Crippen LogP contribution in [0.15, 0.2) is 26.4 Å². The Morgan fingerprint density at radius 2 is 1.65 bits per heavy atom. The van der Waals surface area contributed by atoms with Crippen molar-refractivity contribution in [2.75, 3.05) is 0 Å². The summed E-state index contributed by atoms with van der Waals surface area (Å²) >= 11 is 6.98. The number of halogens is 2. The van der Waals surface area contributed by atoms with Crippen LogP contribution in [0.1, 0.15) is 30.7 Å². The Labute approximate surface area is 118 Å². The van der Waals surface area contributed by atoms with E-state index in [4.69, 9.17) is 0 Å². The number of hydrogen-bond donors (Lipinski definition) is 1. The standard InChI is InChI=1S/C13H14Br2N2/c1-6-8(3)12(14)16-10(6)5-11-7(2)9(4)13(15)17-11/h5,16H,1-4H3/b11-5-. The summed E-state index contributed by atoms with van der Waals surface area (Å²) in [5.74, 6) is 0. The Balaban J connectivity index is 2.49. The summed E-state index contributed by atoms with van der Waals surface area (Å²) in [5.41, 5.74) is 7.06. The van der Waals surface area contributed by atoms with Gasteiger partial charge in [-0.25, -0.2) is 4.99 Å². The van der Waals surface area contributed by atoms with Gasteiger partial charge in [-0.2, -0.15) is 0 Å². The van der Waals surface area contributed by atoms with E-state index in [1.807, 2.05) is 0 Å². The first-order chi connectivity index (χ1) is 7.91. The fourth-order valence-electron chi connectivity index (χ4n) is 1.71. The van der Waals surface area contributed by atoms with Gasteiger partial charge in [-0.1, -0.05) is 0 Å². The molecule has 0 aromatic carbocycles. The van der Waals surface area contributed by atoms with Crippen LogP contribution < -0.4 is 0 Å². The van der Waals surface area contributed by atoms with Crippen molar-refractivity contribution in [1.29, 1.82) is 0 Å². The van der Waals surface area contributed by atoms with Crippen LogP contribution in [0.5, 0.6) is 0 Å². The highest BCUT2D eigenvalue weighted by Crippen LogP contribution is 2.30. The van der Waals surface area contributed by atoms with Gasteiger partial charge in [0.15, 0.2) is 0 Å². The summed E-state index contributed by atoms with van der Waals surface area (Å²) in [6.45, 7) is 8.38. The molecule has 1 aliphatic rings. The lowest BCUT2D eigenvalue weighted by Gasteiger charge is -1.98. The fourth-order valence-corrected chi connectivity index (χ4v) is 2.71. The van der Waals surface area contributed by atoms with Crippen LogP contribution in [-0.4, -0.2) is 9.60 Å². The number of allylic oxidation sites excluding steroid dienone is 2. The molecular weight excluding hydrogens is 344 g/mol. The van der Waals surface area contributed by atoms with E-state index in [0.717, 1.165) is 20.6 Å². The summed E-state index contributed by atoms with van der Waals surface area (Å²) in [5, 5.41) is 0. The van der Waals surface area contributed by atoms with Crippen LogP contribution in [0.4, 0.5) is 0 Å². The van der Waals surface area contributed by atoms with Crippen molar-refractivity contribution in [1.82, 2.24) is 4.98 Å². The van der Waals surface area contributed by atoms with E-state index < -0.39 is 0 Å². The predicted octanol–water partition coefficient (Wildman–Crippen LogP) is 4.88. The molecule has 0 saturated heterocycles. The van der Waals surface area contributed by atoms with E-state index in [-0.39, 0.29) is 0 Å². The summed E-state index contributed by atoms with van der Waals surface area (Å²) in [6.07, 6.45) is 2.10. The molecule has 0 spiro atoms. The van der Waals surface area contributed by atoms with Gasteiger partial charge in [0.05, 0.1) is 10.3 Å². The zero-order valence-corrected chi connectivity index (χ0v) is 13.5. The van der Waals surface area contributed by atoms with Crippen molar-refractivity contribution in [2.24, 2.45) is 4.99 Å². The van der Waals surface area contributed by atoms with Gasteiger partial charge in [-0.15, -0.1) is 0 Å². The highest BCUT2D eigenvalue weighted by atomic mass is 79.9. The zero-order chi connectivity index (χ0) is 12.7.